The fraction of sp³-hybridized carbons (Fsp3) is 0.250. The molecule has 0 unspecified atom stereocenters. The molecule has 0 saturated carbocycles. The van der Waals surface area contributed by atoms with Crippen molar-refractivity contribution < 1.29 is 19.1 Å². The molecular weight excluding hydrogens is 414 g/mol. The lowest BCUT2D eigenvalue weighted by atomic mass is 9.55. The largest absolute Gasteiger partial charge is 0.459 e. The van der Waals surface area contributed by atoms with Gasteiger partial charge in [-0.15, -0.1) is 0 Å². The van der Waals surface area contributed by atoms with Gasteiger partial charge in [0.2, 0.25) is 11.8 Å². The number of carbonyl (C=O) groups is 3. The molecule has 2 atom stereocenters. The molecule has 2 bridgehead atoms. The molecule has 0 spiro atoms. The van der Waals surface area contributed by atoms with Crippen molar-refractivity contribution in [3.05, 3.63) is 101 Å². The van der Waals surface area contributed by atoms with Crippen molar-refractivity contribution in [2.75, 3.05) is 4.90 Å². The number of nitrogens with zero attached hydrogens (tertiary/aromatic N) is 1. The standard InChI is InChI=1S/C28H23NO4/c1-15(2)33-28(32)16-8-7-9-17(14-16)29-26(30)24-22-18-10-3-4-11-19(18)23(25(24)27(29)31)21-13-6-5-12-20(21)22/h3-15,22-25H,1-2H3/t22?,23?,24-,25-/m1/s1. The normalized spacial score (nSPS) is 24.5. The first-order chi connectivity index (χ1) is 16.0. The number of rotatable bonds is 3. The van der Waals surface area contributed by atoms with E-state index < -0.39 is 17.8 Å². The minimum atomic E-state index is -0.469. The van der Waals surface area contributed by atoms with E-state index in [0.717, 1.165) is 22.3 Å². The molecule has 7 rings (SSSR count). The van der Waals surface area contributed by atoms with E-state index >= 15 is 0 Å². The molecule has 1 saturated heterocycles. The molecule has 3 aromatic carbocycles. The average molecular weight is 437 g/mol. The maximum Gasteiger partial charge on any atom is 0.338 e. The number of hydrogen-bond acceptors (Lipinski definition) is 4. The van der Waals surface area contributed by atoms with E-state index in [4.69, 9.17) is 4.74 Å². The summed E-state index contributed by atoms with van der Waals surface area (Å²) in [5, 5.41) is 0. The quantitative estimate of drug-likeness (QED) is 0.442. The Morgan fingerprint density at radius 1 is 0.758 bits per heavy atom. The molecule has 33 heavy (non-hydrogen) atoms. The molecule has 4 aliphatic rings. The number of ether oxygens (including phenoxy) is 1. The maximum absolute atomic E-state index is 13.8. The van der Waals surface area contributed by atoms with Crippen LogP contribution in [0.4, 0.5) is 5.69 Å². The number of hydrogen-bond donors (Lipinski definition) is 0. The second-order valence-electron chi connectivity index (χ2n) is 9.28. The Kier molecular flexibility index (Phi) is 4.31. The summed E-state index contributed by atoms with van der Waals surface area (Å²) >= 11 is 0. The van der Waals surface area contributed by atoms with E-state index in [0.29, 0.717) is 11.3 Å². The van der Waals surface area contributed by atoms with Crippen molar-refractivity contribution in [1.29, 1.82) is 0 Å². The van der Waals surface area contributed by atoms with Crippen molar-refractivity contribution in [2.45, 2.75) is 31.8 Å². The molecule has 5 nitrogen and oxygen atoms in total. The van der Waals surface area contributed by atoms with Gasteiger partial charge in [-0.1, -0.05) is 54.6 Å². The van der Waals surface area contributed by atoms with Crippen LogP contribution < -0.4 is 4.90 Å². The van der Waals surface area contributed by atoms with Crippen LogP contribution >= 0.6 is 0 Å². The molecule has 0 radical (unpaired) electrons. The summed E-state index contributed by atoms with van der Waals surface area (Å²) in [5.74, 6) is -2.05. The summed E-state index contributed by atoms with van der Waals surface area (Å²) in [6.07, 6.45) is -0.258. The molecule has 1 fully saturated rings. The lowest BCUT2D eigenvalue weighted by molar-refractivity contribution is -0.122. The van der Waals surface area contributed by atoms with Crippen molar-refractivity contribution >= 4 is 23.5 Å². The van der Waals surface area contributed by atoms with Crippen molar-refractivity contribution in [3.63, 3.8) is 0 Å². The Balaban J connectivity index is 1.46. The highest BCUT2D eigenvalue weighted by atomic mass is 16.5. The molecule has 1 aliphatic heterocycles. The third kappa shape index (κ3) is 2.75. The van der Waals surface area contributed by atoms with Gasteiger partial charge in [-0.05, 0) is 54.3 Å². The molecule has 5 heteroatoms. The Bertz CT molecular complexity index is 1210. The van der Waals surface area contributed by atoms with Crippen LogP contribution in [0.3, 0.4) is 0 Å². The van der Waals surface area contributed by atoms with Gasteiger partial charge in [0, 0.05) is 11.8 Å². The average Bonchev–Trinajstić information content (AvgIpc) is 3.09. The first kappa shape index (κ1) is 19.9. The van der Waals surface area contributed by atoms with Crippen molar-refractivity contribution in [3.8, 4) is 0 Å². The molecular formula is C28H23NO4. The van der Waals surface area contributed by atoms with Gasteiger partial charge in [-0.2, -0.15) is 0 Å². The van der Waals surface area contributed by atoms with Gasteiger partial charge in [0.25, 0.3) is 0 Å². The van der Waals surface area contributed by atoms with Gasteiger partial charge in [-0.3, -0.25) is 9.59 Å². The summed E-state index contributed by atoms with van der Waals surface area (Å²) in [5.41, 5.74) is 5.30. The van der Waals surface area contributed by atoms with Crippen LogP contribution in [0, 0.1) is 11.8 Å². The highest BCUT2D eigenvalue weighted by Crippen LogP contribution is 2.61. The zero-order valence-electron chi connectivity index (χ0n) is 18.4. The third-order valence-corrected chi connectivity index (χ3v) is 7.13. The highest BCUT2D eigenvalue weighted by Gasteiger charge is 2.61. The number of benzene rings is 3. The van der Waals surface area contributed by atoms with Gasteiger partial charge >= 0.3 is 5.97 Å². The van der Waals surface area contributed by atoms with E-state index in [1.807, 2.05) is 24.3 Å². The Hall–Kier alpha value is -3.73. The lowest BCUT2D eigenvalue weighted by Gasteiger charge is -2.45. The zero-order chi connectivity index (χ0) is 22.9. The van der Waals surface area contributed by atoms with Crippen LogP contribution in [0.5, 0.6) is 0 Å². The molecule has 164 valence electrons. The van der Waals surface area contributed by atoms with Crippen molar-refractivity contribution in [2.24, 2.45) is 11.8 Å². The first-order valence-electron chi connectivity index (χ1n) is 11.3. The summed E-state index contributed by atoms with van der Waals surface area (Å²) in [6, 6.07) is 23.0. The van der Waals surface area contributed by atoms with Gasteiger partial charge < -0.3 is 4.74 Å². The third-order valence-electron chi connectivity index (χ3n) is 7.13. The van der Waals surface area contributed by atoms with E-state index in [9.17, 15) is 14.4 Å². The number of anilines is 1. The Morgan fingerprint density at radius 3 is 1.70 bits per heavy atom. The molecule has 2 amide bonds. The fourth-order valence-corrected chi connectivity index (χ4v) is 5.99. The van der Waals surface area contributed by atoms with E-state index in [2.05, 4.69) is 24.3 Å². The molecule has 3 aliphatic carbocycles. The van der Waals surface area contributed by atoms with Gasteiger partial charge in [0.05, 0.1) is 29.2 Å². The molecule has 1 heterocycles. The Labute approximate surface area is 192 Å². The number of esters is 1. The van der Waals surface area contributed by atoms with Crippen LogP contribution in [0.15, 0.2) is 72.8 Å². The number of carbonyl (C=O) groups excluding carboxylic acids is 3. The fourth-order valence-electron chi connectivity index (χ4n) is 5.99. The minimum absolute atomic E-state index is 0.150. The summed E-state index contributed by atoms with van der Waals surface area (Å²) < 4.78 is 5.30. The molecule has 0 N–H and O–H groups in total. The SMILES string of the molecule is CC(C)OC(=O)c1cccc(N2C(=O)[C@@H]3C4c5ccccc5C(c5ccccc54)[C@H]3C2=O)c1. The Morgan fingerprint density at radius 2 is 1.24 bits per heavy atom. The summed E-state index contributed by atoms with van der Waals surface area (Å²) in [4.78, 5) is 41.3. The van der Waals surface area contributed by atoms with Crippen LogP contribution in [-0.2, 0) is 14.3 Å². The predicted molar refractivity (Wildman–Crippen MR) is 123 cm³/mol. The monoisotopic (exact) mass is 437 g/mol. The first-order valence-corrected chi connectivity index (χ1v) is 11.3. The van der Waals surface area contributed by atoms with Crippen LogP contribution in [0.2, 0.25) is 0 Å². The second-order valence-corrected chi connectivity index (χ2v) is 9.28. The van der Waals surface area contributed by atoms with Gasteiger partial charge in [0.1, 0.15) is 0 Å². The van der Waals surface area contributed by atoms with Gasteiger partial charge in [0.15, 0.2) is 0 Å². The smallest absolute Gasteiger partial charge is 0.338 e. The van der Waals surface area contributed by atoms with E-state index in [-0.39, 0.29) is 29.8 Å². The van der Waals surface area contributed by atoms with Crippen LogP contribution in [0.25, 0.3) is 0 Å². The zero-order valence-corrected chi connectivity index (χ0v) is 18.4. The van der Waals surface area contributed by atoms with E-state index in [1.54, 1.807) is 38.1 Å². The second kappa shape index (κ2) is 7.14. The van der Waals surface area contributed by atoms with Crippen molar-refractivity contribution in [1.82, 2.24) is 0 Å². The van der Waals surface area contributed by atoms with E-state index in [1.165, 1.54) is 4.90 Å². The van der Waals surface area contributed by atoms with Crippen LogP contribution in [-0.4, -0.2) is 23.9 Å². The molecule has 0 aromatic heterocycles. The molecule has 3 aromatic rings. The van der Waals surface area contributed by atoms with Crippen LogP contribution in [0.1, 0.15) is 58.3 Å². The number of amides is 2. The highest BCUT2D eigenvalue weighted by molar-refractivity contribution is 6.23. The topological polar surface area (TPSA) is 63.7 Å². The maximum atomic E-state index is 13.8. The predicted octanol–water partition coefficient (Wildman–Crippen LogP) is 4.65. The van der Waals surface area contributed by atoms with Gasteiger partial charge in [-0.25, -0.2) is 9.69 Å². The summed E-state index contributed by atoms with van der Waals surface area (Å²) in [6.45, 7) is 3.57. The minimum Gasteiger partial charge on any atom is -0.459 e. The summed E-state index contributed by atoms with van der Waals surface area (Å²) in [7, 11) is 0. The lowest BCUT2D eigenvalue weighted by Crippen LogP contribution is -2.41. The number of imide groups is 1.